The van der Waals surface area contributed by atoms with Crippen LogP contribution in [-0.4, -0.2) is 24.2 Å². The van der Waals surface area contributed by atoms with Crippen molar-refractivity contribution >= 4 is 11.7 Å². The van der Waals surface area contributed by atoms with Crippen LogP contribution in [0.5, 0.6) is 0 Å². The molecule has 1 fully saturated rings. The molecule has 0 aliphatic heterocycles. The second kappa shape index (κ2) is 4.31. The number of carboxylic acids is 1. The van der Waals surface area contributed by atoms with Crippen LogP contribution in [0, 0.1) is 11.6 Å². The van der Waals surface area contributed by atoms with Crippen LogP contribution in [-0.2, 0) is 0 Å². The van der Waals surface area contributed by atoms with Gasteiger partial charge in [-0.3, -0.25) is 0 Å². The molecule has 1 aliphatic rings. The molecular formula is C12H13F2NO2. The lowest BCUT2D eigenvalue weighted by Gasteiger charge is -2.36. The normalized spacial score (nSPS) is 15.5. The Labute approximate surface area is 97.7 Å². The molecule has 0 radical (unpaired) electrons. The molecular weight excluding hydrogens is 228 g/mol. The molecule has 1 aliphatic carbocycles. The Morgan fingerprint density at radius 2 is 2.00 bits per heavy atom. The summed E-state index contributed by atoms with van der Waals surface area (Å²) in [5, 5.41) is 8.67. The average molecular weight is 241 g/mol. The van der Waals surface area contributed by atoms with Gasteiger partial charge < -0.3 is 10.0 Å². The third-order valence-corrected chi connectivity index (χ3v) is 3.29. The van der Waals surface area contributed by atoms with Crippen LogP contribution in [0.2, 0.25) is 0 Å². The van der Waals surface area contributed by atoms with Gasteiger partial charge in [-0.05, 0) is 31.4 Å². The fourth-order valence-electron chi connectivity index (χ4n) is 1.95. The van der Waals surface area contributed by atoms with E-state index in [0.717, 1.165) is 25.3 Å². The zero-order valence-corrected chi connectivity index (χ0v) is 9.41. The van der Waals surface area contributed by atoms with E-state index in [9.17, 15) is 13.6 Å². The lowest BCUT2D eigenvalue weighted by Crippen LogP contribution is -2.37. The van der Waals surface area contributed by atoms with Crippen molar-refractivity contribution in [3.63, 3.8) is 0 Å². The summed E-state index contributed by atoms with van der Waals surface area (Å²) in [6.07, 6.45) is 3.00. The topological polar surface area (TPSA) is 40.5 Å². The molecule has 1 N–H and O–H groups in total. The van der Waals surface area contributed by atoms with Crippen molar-refractivity contribution in [2.45, 2.75) is 25.3 Å². The van der Waals surface area contributed by atoms with E-state index in [2.05, 4.69) is 0 Å². The summed E-state index contributed by atoms with van der Waals surface area (Å²) in [5.74, 6) is -3.83. The molecule has 92 valence electrons. The summed E-state index contributed by atoms with van der Waals surface area (Å²) in [6, 6.07) is 2.64. The first-order chi connectivity index (χ1) is 8.02. The molecule has 0 unspecified atom stereocenters. The summed E-state index contributed by atoms with van der Waals surface area (Å²) in [4.78, 5) is 12.3. The first-order valence-corrected chi connectivity index (χ1v) is 5.46. The number of anilines is 1. The number of rotatable bonds is 3. The minimum absolute atomic E-state index is 0.122. The van der Waals surface area contributed by atoms with Crippen LogP contribution in [0.1, 0.15) is 29.6 Å². The number of benzene rings is 1. The molecule has 0 saturated heterocycles. The quantitative estimate of drug-likeness (QED) is 0.884. The highest BCUT2D eigenvalue weighted by Crippen LogP contribution is 2.31. The van der Waals surface area contributed by atoms with Crippen LogP contribution in [0.4, 0.5) is 14.5 Å². The first-order valence-electron chi connectivity index (χ1n) is 5.46. The van der Waals surface area contributed by atoms with Gasteiger partial charge in [0.05, 0.1) is 11.3 Å². The van der Waals surface area contributed by atoms with Gasteiger partial charge in [0.15, 0.2) is 11.6 Å². The SMILES string of the molecule is CN(c1ccc(C(=O)O)c(F)c1F)C1CCC1. The third kappa shape index (κ3) is 1.97. The van der Waals surface area contributed by atoms with Crippen LogP contribution >= 0.6 is 0 Å². The van der Waals surface area contributed by atoms with E-state index in [1.165, 1.54) is 6.07 Å². The van der Waals surface area contributed by atoms with Gasteiger partial charge >= 0.3 is 5.97 Å². The Morgan fingerprint density at radius 1 is 1.35 bits per heavy atom. The fraction of sp³-hybridized carbons (Fsp3) is 0.417. The van der Waals surface area contributed by atoms with Crippen LogP contribution in [0.15, 0.2) is 12.1 Å². The fourth-order valence-corrected chi connectivity index (χ4v) is 1.95. The molecule has 5 heteroatoms. The lowest BCUT2D eigenvalue weighted by molar-refractivity contribution is 0.0690. The molecule has 1 aromatic rings. The third-order valence-electron chi connectivity index (χ3n) is 3.29. The Bertz CT molecular complexity index is 458. The van der Waals surface area contributed by atoms with Gasteiger partial charge in [0.2, 0.25) is 0 Å². The number of hydrogen-bond donors (Lipinski definition) is 1. The molecule has 0 aromatic heterocycles. The Hall–Kier alpha value is -1.65. The highest BCUT2D eigenvalue weighted by molar-refractivity contribution is 5.88. The van der Waals surface area contributed by atoms with Gasteiger partial charge in [-0.15, -0.1) is 0 Å². The predicted octanol–water partition coefficient (Wildman–Crippen LogP) is 2.65. The summed E-state index contributed by atoms with van der Waals surface area (Å²) in [5.41, 5.74) is -0.509. The van der Waals surface area contributed by atoms with E-state index in [1.54, 1.807) is 11.9 Å². The number of hydrogen-bond acceptors (Lipinski definition) is 2. The van der Waals surface area contributed by atoms with Crippen molar-refractivity contribution in [1.29, 1.82) is 0 Å². The maximum atomic E-state index is 13.7. The van der Waals surface area contributed by atoms with E-state index in [0.29, 0.717) is 0 Å². The Kier molecular flexibility index (Phi) is 3.00. The van der Waals surface area contributed by atoms with Gasteiger partial charge in [-0.1, -0.05) is 0 Å². The van der Waals surface area contributed by atoms with Gasteiger partial charge in [0.25, 0.3) is 0 Å². The maximum absolute atomic E-state index is 13.7. The second-order valence-electron chi connectivity index (χ2n) is 4.26. The number of carboxylic acid groups (broad SMARTS) is 1. The largest absolute Gasteiger partial charge is 0.478 e. The van der Waals surface area contributed by atoms with E-state index in [4.69, 9.17) is 5.11 Å². The van der Waals surface area contributed by atoms with E-state index >= 15 is 0 Å². The minimum Gasteiger partial charge on any atom is -0.478 e. The molecule has 2 rings (SSSR count). The summed E-state index contributed by atoms with van der Waals surface area (Å²) in [6.45, 7) is 0. The van der Waals surface area contributed by atoms with Gasteiger partial charge in [0.1, 0.15) is 0 Å². The Morgan fingerprint density at radius 3 is 2.47 bits per heavy atom. The number of aromatic carboxylic acids is 1. The molecule has 1 aromatic carbocycles. The number of halogens is 2. The van der Waals surface area contributed by atoms with Crippen molar-refractivity contribution in [2.24, 2.45) is 0 Å². The number of carbonyl (C=O) groups is 1. The minimum atomic E-state index is -1.46. The zero-order chi connectivity index (χ0) is 12.6. The van der Waals surface area contributed by atoms with Crippen molar-refractivity contribution in [3.05, 3.63) is 29.3 Å². The molecule has 0 bridgehead atoms. The molecule has 1 saturated carbocycles. The molecule has 0 amide bonds. The molecule has 0 heterocycles. The van der Waals surface area contributed by atoms with Crippen LogP contribution < -0.4 is 4.90 Å². The van der Waals surface area contributed by atoms with E-state index in [1.807, 2.05) is 0 Å². The smallest absolute Gasteiger partial charge is 0.338 e. The van der Waals surface area contributed by atoms with E-state index < -0.39 is 23.2 Å². The van der Waals surface area contributed by atoms with Gasteiger partial charge in [-0.25, -0.2) is 13.6 Å². The van der Waals surface area contributed by atoms with Crippen molar-refractivity contribution in [2.75, 3.05) is 11.9 Å². The number of nitrogens with zero attached hydrogens (tertiary/aromatic N) is 1. The molecule has 0 atom stereocenters. The first kappa shape index (κ1) is 11.8. The monoisotopic (exact) mass is 241 g/mol. The Balaban J connectivity index is 2.36. The standard InChI is InChI=1S/C12H13F2NO2/c1-15(7-3-2-4-7)9-6-5-8(12(16)17)10(13)11(9)14/h5-7H,2-4H2,1H3,(H,16,17). The van der Waals surface area contributed by atoms with Gasteiger partial charge in [0, 0.05) is 13.1 Å². The highest BCUT2D eigenvalue weighted by Gasteiger charge is 2.26. The van der Waals surface area contributed by atoms with Crippen LogP contribution in [0.3, 0.4) is 0 Å². The highest BCUT2D eigenvalue weighted by atomic mass is 19.2. The molecule has 0 spiro atoms. The van der Waals surface area contributed by atoms with Crippen molar-refractivity contribution in [3.8, 4) is 0 Å². The van der Waals surface area contributed by atoms with Crippen molar-refractivity contribution in [1.82, 2.24) is 0 Å². The zero-order valence-electron chi connectivity index (χ0n) is 9.41. The maximum Gasteiger partial charge on any atom is 0.338 e. The summed E-state index contributed by atoms with van der Waals surface area (Å²) >= 11 is 0. The average Bonchev–Trinajstić information content (AvgIpc) is 2.18. The van der Waals surface area contributed by atoms with Crippen LogP contribution in [0.25, 0.3) is 0 Å². The lowest BCUT2D eigenvalue weighted by atomic mass is 9.91. The summed E-state index contributed by atoms with van der Waals surface area (Å²) in [7, 11) is 1.70. The summed E-state index contributed by atoms with van der Waals surface area (Å²) < 4.78 is 27.2. The molecule has 17 heavy (non-hydrogen) atoms. The molecule has 3 nitrogen and oxygen atoms in total. The van der Waals surface area contributed by atoms with E-state index in [-0.39, 0.29) is 11.7 Å². The van der Waals surface area contributed by atoms with Gasteiger partial charge in [-0.2, -0.15) is 0 Å². The van der Waals surface area contributed by atoms with Crippen molar-refractivity contribution < 1.29 is 18.7 Å². The predicted molar refractivity (Wildman–Crippen MR) is 59.4 cm³/mol. The second-order valence-corrected chi connectivity index (χ2v) is 4.26.